The summed E-state index contributed by atoms with van der Waals surface area (Å²) in [6, 6.07) is 17.9. The van der Waals surface area contributed by atoms with E-state index in [1.54, 1.807) is 18.2 Å². The molecule has 168 valence electrons. The van der Waals surface area contributed by atoms with Gasteiger partial charge in [-0.25, -0.2) is 8.42 Å². The molecule has 33 heavy (non-hydrogen) atoms. The fourth-order valence-corrected chi connectivity index (χ4v) is 6.07. The van der Waals surface area contributed by atoms with Gasteiger partial charge in [0.1, 0.15) is 0 Å². The molecule has 8 heteroatoms. The van der Waals surface area contributed by atoms with E-state index in [-0.39, 0.29) is 21.2 Å². The Hall–Kier alpha value is -2.57. The van der Waals surface area contributed by atoms with Crippen molar-refractivity contribution in [3.63, 3.8) is 0 Å². The van der Waals surface area contributed by atoms with Gasteiger partial charge in [0.05, 0.1) is 21.2 Å². The first-order chi connectivity index (χ1) is 15.6. The lowest BCUT2D eigenvalue weighted by Crippen LogP contribution is -2.04. The molecule has 4 rings (SSSR count). The van der Waals surface area contributed by atoms with Crippen LogP contribution in [0.3, 0.4) is 0 Å². The molecular formula is C25H17Cl3O4S. The number of aliphatic carboxylic acids is 1. The number of sulfone groups is 1. The van der Waals surface area contributed by atoms with Gasteiger partial charge in [0, 0.05) is 10.0 Å². The van der Waals surface area contributed by atoms with E-state index < -0.39 is 15.8 Å². The maximum absolute atomic E-state index is 13.1. The van der Waals surface area contributed by atoms with Gasteiger partial charge in [-0.05, 0) is 82.4 Å². The zero-order chi connectivity index (χ0) is 23.9. The Balaban J connectivity index is 1.87. The highest BCUT2D eigenvalue weighted by atomic mass is 35.5. The molecule has 4 nitrogen and oxygen atoms in total. The van der Waals surface area contributed by atoms with Crippen LogP contribution < -0.4 is 0 Å². The Bertz CT molecular complexity index is 1510. The van der Waals surface area contributed by atoms with Gasteiger partial charge in [-0.15, -0.1) is 0 Å². The van der Waals surface area contributed by atoms with Crippen molar-refractivity contribution in [1.82, 2.24) is 0 Å². The molecule has 0 saturated heterocycles. The molecule has 4 aromatic carbocycles. The second-order valence-corrected chi connectivity index (χ2v) is 10.8. The van der Waals surface area contributed by atoms with E-state index in [4.69, 9.17) is 34.8 Å². The van der Waals surface area contributed by atoms with Crippen LogP contribution in [0.5, 0.6) is 0 Å². The Kier molecular flexibility index (Phi) is 6.43. The Morgan fingerprint density at radius 1 is 0.879 bits per heavy atom. The molecular weight excluding hydrogens is 503 g/mol. The molecule has 0 saturated carbocycles. The maximum Gasteiger partial charge on any atom is 0.307 e. The topological polar surface area (TPSA) is 71.4 Å². The summed E-state index contributed by atoms with van der Waals surface area (Å²) >= 11 is 18.3. The van der Waals surface area contributed by atoms with Gasteiger partial charge in [-0.1, -0.05) is 59.1 Å². The molecule has 0 bridgehead atoms. The molecule has 0 spiro atoms. The van der Waals surface area contributed by atoms with E-state index >= 15 is 0 Å². The molecule has 0 aliphatic heterocycles. The summed E-state index contributed by atoms with van der Waals surface area (Å²) in [5.74, 6) is -0.932. The average Bonchev–Trinajstić information content (AvgIpc) is 2.74. The summed E-state index contributed by atoms with van der Waals surface area (Å²) in [7, 11) is -3.86. The fourth-order valence-electron chi connectivity index (χ4n) is 3.87. The van der Waals surface area contributed by atoms with Crippen molar-refractivity contribution >= 4 is 61.4 Å². The molecule has 0 radical (unpaired) electrons. The standard InChI is InChI=1S/C25H17Cl3O4S/c1-14-17(11-24(29)30)10-16-2-5-18(26)12-21(16)25(14)15-3-7-20(8-4-15)33(31,32)23-9-6-19(27)13-22(23)28/h2-10,12-13H,11H2,1H3,(H,29,30). The minimum absolute atomic E-state index is 0.0295. The molecule has 0 amide bonds. The number of halogens is 3. The monoisotopic (exact) mass is 518 g/mol. The summed E-state index contributed by atoms with van der Waals surface area (Å²) in [6.45, 7) is 1.85. The maximum atomic E-state index is 13.1. The van der Waals surface area contributed by atoms with Crippen LogP contribution in [0.2, 0.25) is 15.1 Å². The Morgan fingerprint density at radius 3 is 2.15 bits per heavy atom. The van der Waals surface area contributed by atoms with Crippen LogP contribution in [0.1, 0.15) is 11.1 Å². The second kappa shape index (κ2) is 8.99. The number of benzene rings is 4. The molecule has 1 N–H and O–H groups in total. The van der Waals surface area contributed by atoms with Crippen molar-refractivity contribution in [2.75, 3.05) is 0 Å². The molecule has 0 unspecified atom stereocenters. The molecule has 0 atom stereocenters. The van der Waals surface area contributed by atoms with Crippen LogP contribution in [0, 0.1) is 6.92 Å². The number of carbonyl (C=O) groups is 1. The van der Waals surface area contributed by atoms with Gasteiger partial charge in [-0.2, -0.15) is 0 Å². The lowest BCUT2D eigenvalue weighted by atomic mass is 9.89. The summed E-state index contributed by atoms with van der Waals surface area (Å²) < 4.78 is 26.2. The first-order valence-electron chi connectivity index (χ1n) is 9.82. The Morgan fingerprint density at radius 2 is 1.52 bits per heavy atom. The normalized spacial score (nSPS) is 11.6. The SMILES string of the molecule is Cc1c(CC(=O)O)cc2ccc(Cl)cc2c1-c1ccc(S(=O)(=O)c2ccc(Cl)cc2Cl)cc1. The summed E-state index contributed by atoms with van der Waals surface area (Å²) in [5, 5.41) is 12.0. The molecule has 0 aliphatic carbocycles. The van der Waals surface area contributed by atoms with Gasteiger partial charge in [0.2, 0.25) is 9.84 Å². The zero-order valence-corrected chi connectivity index (χ0v) is 20.4. The minimum atomic E-state index is -3.86. The largest absolute Gasteiger partial charge is 0.481 e. The highest BCUT2D eigenvalue weighted by molar-refractivity contribution is 7.91. The summed E-state index contributed by atoms with van der Waals surface area (Å²) in [5.41, 5.74) is 3.02. The fraction of sp³-hybridized carbons (Fsp3) is 0.0800. The van der Waals surface area contributed by atoms with Crippen LogP contribution in [0.25, 0.3) is 21.9 Å². The lowest BCUT2D eigenvalue weighted by molar-refractivity contribution is -0.136. The highest BCUT2D eigenvalue weighted by Gasteiger charge is 2.22. The molecule has 0 fully saturated rings. The Labute approximate surface area is 206 Å². The van der Waals surface area contributed by atoms with E-state index in [0.29, 0.717) is 15.6 Å². The van der Waals surface area contributed by atoms with Crippen molar-refractivity contribution in [2.24, 2.45) is 0 Å². The lowest BCUT2D eigenvalue weighted by Gasteiger charge is -2.16. The minimum Gasteiger partial charge on any atom is -0.481 e. The van der Waals surface area contributed by atoms with Crippen molar-refractivity contribution in [2.45, 2.75) is 23.1 Å². The number of carboxylic acid groups (broad SMARTS) is 1. The van der Waals surface area contributed by atoms with E-state index in [9.17, 15) is 18.3 Å². The van der Waals surface area contributed by atoms with E-state index in [1.165, 1.54) is 30.3 Å². The quantitative estimate of drug-likeness (QED) is 0.302. The van der Waals surface area contributed by atoms with Gasteiger partial charge in [0.25, 0.3) is 0 Å². The number of fused-ring (bicyclic) bond motifs is 1. The average molecular weight is 520 g/mol. The van der Waals surface area contributed by atoms with Crippen molar-refractivity contribution < 1.29 is 18.3 Å². The number of hydrogen-bond donors (Lipinski definition) is 1. The number of carboxylic acids is 1. The molecule has 0 aromatic heterocycles. The van der Waals surface area contributed by atoms with Crippen LogP contribution in [0.4, 0.5) is 0 Å². The highest BCUT2D eigenvalue weighted by Crippen LogP contribution is 2.37. The predicted octanol–water partition coefficient (Wildman–Crippen LogP) is 7.24. The molecule has 0 heterocycles. The van der Waals surface area contributed by atoms with E-state index in [1.807, 2.05) is 25.1 Å². The first-order valence-corrected chi connectivity index (χ1v) is 12.4. The van der Waals surface area contributed by atoms with E-state index in [0.717, 1.165) is 27.5 Å². The second-order valence-electron chi connectivity index (χ2n) is 7.57. The third-order valence-electron chi connectivity index (χ3n) is 5.45. The smallest absolute Gasteiger partial charge is 0.307 e. The van der Waals surface area contributed by atoms with Crippen molar-refractivity contribution in [1.29, 1.82) is 0 Å². The van der Waals surface area contributed by atoms with Gasteiger partial charge in [0.15, 0.2) is 0 Å². The van der Waals surface area contributed by atoms with Gasteiger partial charge < -0.3 is 5.11 Å². The third kappa shape index (κ3) is 4.59. The van der Waals surface area contributed by atoms with E-state index in [2.05, 4.69) is 0 Å². The molecule has 4 aromatic rings. The van der Waals surface area contributed by atoms with Crippen LogP contribution in [-0.4, -0.2) is 19.5 Å². The van der Waals surface area contributed by atoms with Gasteiger partial charge in [-0.3, -0.25) is 4.79 Å². The van der Waals surface area contributed by atoms with Crippen molar-refractivity contribution in [3.8, 4) is 11.1 Å². The summed E-state index contributed by atoms with van der Waals surface area (Å²) in [6.07, 6.45) is -0.126. The summed E-state index contributed by atoms with van der Waals surface area (Å²) in [4.78, 5) is 11.4. The number of hydrogen-bond acceptors (Lipinski definition) is 3. The predicted molar refractivity (Wildman–Crippen MR) is 132 cm³/mol. The van der Waals surface area contributed by atoms with Crippen LogP contribution in [-0.2, 0) is 21.1 Å². The number of rotatable bonds is 5. The zero-order valence-electron chi connectivity index (χ0n) is 17.3. The van der Waals surface area contributed by atoms with Gasteiger partial charge >= 0.3 is 5.97 Å². The van der Waals surface area contributed by atoms with Crippen LogP contribution in [0.15, 0.2) is 76.5 Å². The molecule has 0 aliphatic rings. The first kappa shape index (κ1) is 23.6. The van der Waals surface area contributed by atoms with Crippen molar-refractivity contribution in [3.05, 3.63) is 92.9 Å². The van der Waals surface area contributed by atoms with Crippen LogP contribution >= 0.6 is 34.8 Å². The third-order valence-corrected chi connectivity index (χ3v) is 8.17.